The van der Waals surface area contributed by atoms with Crippen LogP contribution in [0.3, 0.4) is 0 Å². The normalized spacial score (nSPS) is 11.8. The summed E-state index contributed by atoms with van der Waals surface area (Å²) in [7, 11) is 0. The number of carbonyl (C=O) groups is 9. The highest BCUT2D eigenvalue weighted by atomic mass is 16.4. The number of benzene rings is 2. The largest absolute Gasteiger partial charge is 0.481 e. The molecule has 57 heavy (non-hydrogen) atoms. The van der Waals surface area contributed by atoms with E-state index in [2.05, 4.69) is 21.3 Å². The molecule has 0 radical (unpaired) electrons. The summed E-state index contributed by atoms with van der Waals surface area (Å²) in [4.78, 5) is 126. The van der Waals surface area contributed by atoms with Gasteiger partial charge in [-0.05, 0) is 43.2 Å². The number of nitrogens with one attached hydrogen (secondary N) is 4. The standard InChI is InChI=1S/C39H50N4O11.CO2/c44-23-9-15-30(45)14-7-21-40-37(51)29(24-27-10-3-1-4-11-27)26-34(47)33(25-28-12-5-2-6-13-28)42-35(48)20-18-31(46)17-19-32(38(52)53)43-39(54)41-22-8-16-36(49)50;2-1-3/h1-6,10-13,23,29,32-33H,7-9,14-22,24-26H2,(H,40,51)(H,42,48)(H,49,50)(H,52,53)(H2,41,43,54);. The Hall–Kier alpha value is -6.35. The Kier molecular flexibility index (Phi) is 24.8. The number of aldehydes is 1. The minimum absolute atomic E-state index is 0.0152. The Morgan fingerprint density at radius 3 is 1.79 bits per heavy atom. The minimum Gasteiger partial charge on any atom is -0.481 e. The second-order valence-electron chi connectivity index (χ2n) is 13.0. The molecule has 0 aliphatic carbocycles. The van der Waals surface area contributed by atoms with Crippen LogP contribution in [0, 0.1) is 5.92 Å². The fraction of sp³-hybridized carbons (Fsp3) is 0.450. The fourth-order valence-electron chi connectivity index (χ4n) is 5.48. The van der Waals surface area contributed by atoms with E-state index < -0.39 is 53.4 Å². The van der Waals surface area contributed by atoms with Crippen LogP contribution in [-0.4, -0.2) is 95.0 Å². The van der Waals surface area contributed by atoms with E-state index in [1.165, 1.54) is 0 Å². The summed E-state index contributed by atoms with van der Waals surface area (Å²) < 4.78 is 0. The van der Waals surface area contributed by atoms with Gasteiger partial charge in [-0.25, -0.2) is 9.59 Å². The van der Waals surface area contributed by atoms with Crippen molar-refractivity contribution in [3.8, 4) is 0 Å². The van der Waals surface area contributed by atoms with E-state index in [0.29, 0.717) is 12.7 Å². The van der Waals surface area contributed by atoms with Gasteiger partial charge in [0.1, 0.15) is 23.9 Å². The Bertz CT molecular complexity index is 1660. The zero-order valence-electron chi connectivity index (χ0n) is 31.6. The number of carboxylic acid groups (broad SMARTS) is 2. The van der Waals surface area contributed by atoms with Crippen molar-refractivity contribution in [3.05, 3.63) is 71.8 Å². The van der Waals surface area contributed by atoms with E-state index in [-0.39, 0.29) is 108 Å². The molecule has 2 aromatic rings. The van der Waals surface area contributed by atoms with Crippen molar-refractivity contribution >= 4 is 59.6 Å². The lowest BCUT2D eigenvalue weighted by molar-refractivity contribution is -0.192. The number of hydrogen-bond donors (Lipinski definition) is 6. The molecule has 4 amide bonds. The molecule has 0 heterocycles. The number of urea groups is 1. The van der Waals surface area contributed by atoms with Gasteiger partial charge in [-0.15, -0.1) is 0 Å². The molecule has 17 heteroatoms. The van der Waals surface area contributed by atoms with Crippen LogP contribution in [-0.2, 0) is 60.8 Å². The third-order valence-corrected chi connectivity index (χ3v) is 8.42. The van der Waals surface area contributed by atoms with E-state index in [1.54, 1.807) is 30.3 Å². The van der Waals surface area contributed by atoms with Crippen LogP contribution in [0.1, 0.15) is 81.8 Å². The number of ketones is 3. The van der Waals surface area contributed by atoms with Gasteiger partial charge in [-0.2, -0.15) is 9.59 Å². The van der Waals surface area contributed by atoms with Crippen molar-refractivity contribution in [2.45, 2.75) is 95.6 Å². The first kappa shape index (κ1) is 48.7. The van der Waals surface area contributed by atoms with Gasteiger partial charge >= 0.3 is 24.1 Å². The topological polar surface area (TPSA) is 276 Å². The van der Waals surface area contributed by atoms with Gasteiger partial charge in [0.05, 0.1) is 6.04 Å². The molecule has 3 unspecified atom stereocenters. The number of Topliss-reactive ketones (excluding diaryl/α,β-unsaturated/α-hetero) is 3. The number of carbonyl (C=O) groups excluding carboxylic acids is 9. The predicted molar refractivity (Wildman–Crippen MR) is 201 cm³/mol. The maximum Gasteiger partial charge on any atom is 0.373 e. The lowest BCUT2D eigenvalue weighted by Crippen LogP contribution is -2.46. The fourth-order valence-corrected chi connectivity index (χ4v) is 5.48. The van der Waals surface area contributed by atoms with Crippen molar-refractivity contribution < 1.29 is 63.0 Å². The molecular formula is C40H50N4O13. The van der Waals surface area contributed by atoms with Gasteiger partial charge in [0.25, 0.3) is 0 Å². The number of rotatable bonds is 28. The first-order valence-corrected chi connectivity index (χ1v) is 18.4. The van der Waals surface area contributed by atoms with E-state index in [0.717, 1.165) is 11.1 Å². The highest BCUT2D eigenvalue weighted by Gasteiger charge is 2.28. The average molecular weight is 795 g/mol. The van der Waals surface area contributed by atoms with Crippen molar-refractivity contribution in [2.24, 2.45) is 5.92 Å². The first-order chi connectivity index (χ1) is 27.3. The molecule has 0 bridgehead atoms. The lowest BCUT2D eigenvalue weighted by Gasteiger charge is -2.22. The van der Waals surface area contributed by atoms with E-state index in [1.807, 2.05) is 30.3 Å². The Morgan fingerprint density at radius 1 is 0.649 bits per heavy atom. The SMILES string of the molecule is O=C=O.O=CCCC(=O)CCCNC(=O)C(CC(=O)C(Cc1ccccc1)NC(=O)CCC(=O)CCC(NC(=O)NCCCC(=O)O)C(=O)O)Cc1ccccc1. The van der Waals surface area contributed by atoms with E-state index >= 15 is 0 Å². The van der Waals surface area contributed by atoms with Crippen molar-refractivity contribution in [3.63, 3.8) is 0 Å². The van der Waals surface area contributed by atoms with Crippen LogP contribution >= 0.6 is 0 Å². The van der Waals surface area contributed by atoms with Gasteiger partial charge in [-0.3, -0.25) is 28.8 Å². The maximum atomic E-state index is 13.8. The van der Waals surface area contributed by atoms with Crippen LogP contribution in [0.15, 0.2) is 60.7 Å². The monoisotopic (exact) mass is 794 g/mol. The Labute approximate surface area is 329 Å². The number of carboxylic acids is 2. The molecule has 0 spiro atoms. The zero-order chi connectivity index (χ0) is 42.4. The Balaban J connectivity index is 0.00000524. The molecule has 308 valence electrons. The summed E-state index contributed by atoms with van der Waals surface area (Å²) in [5.41, 5.74) is 1.59. The van der Waals surface area contributed by atoms with Gasteiger partial charge in [-0.1, -0.05) is 60.7 Å². The summed E-state index contributed by atoms with van der Waals surface area (Å²) in [5.74, 6) is -5.07. The maximum absolute atomic E-state index is 13.8. The molecule has 0 aliphatic heterocycles. The summed E-state index contributed by atoms with van der Waals surface area (Å²) in [6.45, 7) is 0.218. The van der Waals surface area contributed by atoms with Gasteiger partial charge in [0.2, 0.25) is 11.8 Å². The molecule has 0 fully saturated rings. The Morgan fingerprint density at radius 2 is 1.21 bits per heavy atom. The van der Waals surface area contributed by atoms with Crippen LogP contribution in [0.4, 0.5) is 4.79 Å². The molecule has 0 aromatic heterocycles. The molecule has 0 saturated heterocycles. The van der Waals surface area contributed by atoms with Crippen molar-refractivity contribution in [1.82, 2.24) is 21.3 Å². The van der Waals surface area contributed by atoms with Gasteiger partial charge in [0.15, 0.2) is 5.78 Å². The highest BCUT2D eigenvalue weighted by molar-refractivity contribution is 5.93. The molecule has 3 atom stereocenters. The highest BCUT2D eigenvalue weighted by Crippen LogP contribution is 2.17. The molecule has 0 saturated carbocycles. The van der Waals surface area contributed by atoms with Crippen molar-refractivity contribution in [2.75, 3.05) is 13.1 Å². The zero-order valence-corrected chi connectivity index (χ0v) is 31.6. The summed E-state index contributed by atoms with van der Waals surface area (Å²) in [5, 5.41) is 28.3. The van der Waals surface area contributed by atoms with E-state index in [4.69, 9.17) is 14.7 Å². The molecule has 6 N–H and O–H groups in total. The number of aliphatic carboxylic acids is 2. The molecule has 0 aliphatic rings. The van der Waals surface area contributed by atoms with Crippen LogP contribution in [0.2, 0.25) is 0 Å². The summed E-state index contributed by atoms with van der Waals surface area (Å²) in [6.07, 6.45) is 0.934. The first-order valence-electron chi connectivity index (χ1n) is 18.4. The lowest BCUT2D eigenvalue weighted by atomic mass is 9.89. The second kappa shape index (κ2) is 29.0. The quantitative estimate of drug-likeness (QED) is 0.0533. The van der Waals surface area contributed by atoms with Gasteiger partial charge in [0, 0.05) is 70.4 Å². The van der Waals surface area contributed by atoms with Gasteiger partial charge < -0.3 is 36.3 Å². The average Bonchev–Trinajstić information content (AvgIpc) is 3.18. The third-order valence-electron chi connectivity index (χ3n) is 8.42. The van der Waals surface area contributed by atoms with Crippen LogP contribution in [0.5, 0.6) is 0 Å². The second-order valence-corrected chi connectivity index (χ2v) is 13.0. The summed E-state index contributed by atoms with van der Waals surface area (Å²) >= 11 is 0. The summed E-state index contributed by atoms with van der Waals surface area (Å²) in [6, 6.07) is 14.9. The van der Waals surface area contributed by atoms with Crippen LogP contribution < -0.4 is 21.3 Å². The smallest absolute Gasteiger partial charge is 0.373 e. The minimum atomic E-state index is -1.40. The predicted octanol–water partition coefficient (Wildman–Crippen LogP) is 2.14. The number of hydrogen-bond acceptors (Lipinski definition) is 11. The molecule has 2 aromatic carbocycles. The third kappa shape index (κ3) is 23.2. The van der Waals surface area contributed by atoms with Crippen LogP contribution in [0.25, 0.3) is 0 Å². The molecular weight excluding hydrogens is 744 g/mol. The van der Waals surface area contributed by atoms with Crippen molar-refractivity contribution in [1.29, 1.82) is 0 Å². The van der Waals surface area contributed by atoms with E-state index in [9.17, 15) is 48.3 Å². The molecule has 2 rings (SSSR count). The number of amides is 4. The molecule has 17 nitrogen and oxygen atoms in total.